The van der Waals surface area contributed by atoms with Crippen LogP contribution in [0.3, 0.4) is 0 Å². The number of aromatic nitrogens is 1. The summed E-state index contributed by atoms with van der Waals surface area (Å²) in [6.45, 7) is 0. The average molecular weight is 506 g/mol. The van der Waals surface area contributed by atoms with E-state index in [1.54, 1.807) is 30.3 Å². The summed E-state index contributed by atoms with van der Waals surface area (Å²) in [4.78, 5) is 23.9. The Kier molecular flexibility index (Phi) is 13.0. The zero-order valence-electron chi connectivity index (χ0n) is 15.6. The van der Waals surface area contributed by atoms with Crippen LogP contribution in [0.25, 0.3) is 0 Å². The normalized spacial score (nSPS) is 9.10. The van der Waals surface area contributed by atoms with Gasteiger partial charge in [0.25, 0.3) is 0 Å². The van der Waals surface area contributed by atoms with E-state index < -0.39 is 11.6 Å². The van der Waals surface area contributed by atoms with Crippen LogP contribution in [0.1, 0.15) is 32.1 Å². The third kappa shape index (κ3) is 8.47. The molecule has 0 saturated carbocycles. The van der Waals surface area contributed by atoms with Gasteiger partial charge in [-0.1, -0.05) is 6.07 Å². The van der Waals surface area contributed by atoms with Crippen molar-refractivity contribution in [2.24, 2.45) is 0 Å². The summed E-state index contributed by atoms with van der Waals surface area (Å²) in [7, 11) is 0. The molecule has 0 aliphatic carbocycles. The van der Waals surface area contributed by atoms with Crippen LogP contribution in [0, 0.1) is 22.5 Å². The maximum atomic E-state index is 13.1. The van der Waals surface area contributed by atoms with E-state index >= 15 is 0 Å². The predicted octanol–water partition coefficient (Wildman–Crippen LogP) is -3.29. The predicted molar refractivity (Wildman–Crippen MR) is 103 cm³/mol. The van der Waals surface area contributed by atoms with E-state index in [4.69, 9.17) is 10.8 Å². The van der Waals surface area contributed by atoms with Gasteiger partial charge in [0, 0.05) is 0 Å². The molecule has 1 heterocycles. The van der Waals surface area contributed by atoms with Crippen molar-refractivity contribution in [3.05, 3.63) is 88.7 Å². The minimum atomic E-state index is -0.395. The number of carbonyl (C=O) groups excluding carboxylic acids is 2. The summed E-state index contributed by atoms with van der Waals surface area (Å²) in [5.41, 5.74) is 1.54. The van der Waals surface area contributed by atoms with Crippen molar-refractivity contribution < 1.29 is 58.1 Å². The SMILES string of the molecule is N=Cc1cc(F)cc[c]1[Fe+2][c]1ccc(F)cc1C=N.O=Cc1cccc(C=O)n1.[Cl-].[Cl-]. The van der Waals surface area contributed by atoms with Crippen LogP contribution in [-0.4, -0.2) is 30.0 Å². The van der Waals surface area contributed by atoms with Crippen LogP contribution < -0.4 is 33.7 Å². The first-order valence-electron chi connectivity index (χ1n) is 8.10. The van der Waals surface area contributed by atoms with Gasteiger partial charge in [-0.2, -0.15) is 0 Å². The molecule has 0 fully saturated rings. The molecule has 0 amide bonds. The Morgan fingerprint density at radius 2 is 1.16 bits per heavy atom. The molecule has 0 aliphatic heterocycles. The van der Waals surface area contributed by atoms with E-state index in [0.717, 1.165) is 21.4 Å². The van der Waals surface area contributed by atoms with E-state index in [1.807, 2.05) is 0 Å². The van der Waals surface area contributed by atoms with E-state index in [1.165, 1.54) is 24.3 Å². The Labute approximate surface area is 196 Å². The van der Waals surface area contributed by atoms with Crippen molar-refractivity contribution in [2.45, 2.75) is 0 Å². The van der Waals surface area contributed by atoms with Crippen LogP contribution in [-0.2, 0) is 15.0 Å². The third-order valence-electron chi connectivity index (χ3n) is 3.43. The summed E-state index contributed by atoms with van der Waals surface area (Å²) in [5, 5.41) is 14.6. The average Bonchev–Trinajstić information content (AvgIpc) is 2.76. The van der Waals surface area contributed by atoms with Crippen molar-refractivity contribution in [1.29, 1.82) is 10.8 Å². The molecule has 0 saturated heterocycles. The Hall–Kier alpha value is -2.77. The number of nitrogens with zero attached hydrogens (tertiary/aromatic N) is 1. The van der Waals surface area contributed by atoms with Crippen LogP contribution in [0.15, 0.2) is 54.6 Å². The van der Waals surface area contributed by atoms with Gasteiger partial charge in [-0.25, -0.2) is 4.98 Å². The molecule has 31 heavy (non-hydrogen) atoms. The number of nitrogens with one attached hydrogen (secondary N) is 2. The van der Waals surface area contributed by atoms with Crippen molar-refractivity contribution in [2.75, 3.05) is 0 Å². The van der Waals surface area contributed by atoms with Gasteiger partial charge in [-0.05, 0) is 12.1 Å². The maximum absolute atomic E-state index is 13.1. The fourth-order valence-electron chi connectivity index (χ4n) is 2.10. The maximum Gasteiger partial charge on any atom is 0.168 e. The molecular formula is C21H15Cl2F2FeN3O2. The smallest absolute Gasteiger partial charge is 0.168 e. The number of hydrogen-bond acceptors (Lipinski definition) is 5. The number of rotatable bonds is 6. The molecule has 0 radical (unpaired) electrons. The van der Waals surface area contributed by atoms with E-state index in [0.29, 0.717) is 38.7 Å². The fourth-order valence-corrected chi connectivity index (χ4v) is 3.43. The molecule has 0 atom stereocenters. The standard InChI is InChI=1S/2C7H5FN.C7H5NO2.2ClH.Fe/c2*8-7-3-1-2-6(4-7)5-9;9-4-6-2-1-3-7(5-10)8-6;;;/h2*1,3-5,9H;1-5H;2*1H;/q;;;;;+2/p-2. The summed E-state index contributed by atoms with van der Waals surface area (Å²) in [5.74, 6) is -0.790. The number of aldehydes is 2. The summed E-state index contributed by atoms with van der Waals surface area (Å²) < 4.78 is 27.7. The second-order valence-electron chi connectivity index (χ2n) is 5.41. The van der Waals surface area contributed by atoms with Gasteiger partial charge < -0.3 is 24.8 Å². The first-order chi connectivity index (χ1) is 14.0. The first-order valence-corrected chi connectivity index (χ1v) is 9.21. The number of benzene rings is 2. The molecule has 3 rings (SSSR count). The van der Waals surface area contributed by atoms with Gasteiger partial charge in [-0.15, -0.1) is 0 Å². The molecule has 0 bridgehead atoms. The monoisotopic (exact) mass is 505 g/mol. The van der Waals surface area contributed by atoms with E-state index in [9.17, 15) is 18.4 Å². The van der Waals surface area contributed by atoms with Gasteiger partial charge in [0.15, 0.2) is 12.6 Å². The van der Waals surface area contributed by atoms with E-state index in [-0.39, 0.29) is 36.2 Å². The number of pyridine rings is 1. The Balaban J connectivity index is 0.000000643. The molecular weight excluding hydrogens is 491 g/mol. The second-order valence-corrected chi connectivity index (χ2v) is 6.87. The number of carbonyl (C=O) groups is 2. The van der Waals surface area contributed by atoms with Gasteiger partial charge in [-0.3, -0.25) is 9.59 Å². The van der Waals surface area contributed by atoms with Gasteiger partial charge in [0.1, 0.15) is 11.4 Å². The molecule has 10 heteroatoms. The Bertz CT molecular complexity index is 990. The molecule has 0 spiro atoms. The first kappa shape index (κ1) is 28.2. The minimum Gasteiger partial charge on any atom is -1.00 e. The summed E-state index contributed by atoms with van der Waals surface area (Å²) >= 11 is 0.427. The largest absolute Gasteiger partial charge is 1.00 e. The quantitative estimate of drug-likeness (QED) is 0.209. The summed E-state index contributed by atoms with van der Waals surface area (Å²) in [6, 6.07) is 13.1. The van der Waals surface area contributed by atoms with Crippen molar-refractivity contribution in [3.8, 4) is 0 Å². The number of halogens is 4. The zero-order chi connectivity index (χ0) is 21.2. The molecule has 2 N–H and O–H groups in total. The van der Waals surface area contributed by atoms with Crippen LogP contribution in [0.2, 0.25) is 0 Å². The molecule has 162 valence electrons. The Morgan fingerprint density at radius 3 is 1.52 bits per heavy atom. The third-order valence-corrected chi connectivity index (χ3v) is 5.03. The van der Waals surface area contributed by atoms with Crippen LogP contribution in [0.5, 0.6) is 0 Å². The molecule has 1 aromatic heterocycles. The molecule has 0 unspecified atom stereocenters. The van der Waals surface area contributed by atoms with Crippen molar-refractivity contribution in [1.82, 2.24) is 4.98 Å². The van der Waals surface area contributed by atoms with Crippen LogP contribution in [0.4, 0.5) is 8.78 Å². The molecule has 3 aromatic rings. The van der Waals surface area contributed by atoms with Crippen molar-refractivity contribution in [3.63, 3.8) is 0 Å². The molecule has 2 aromatic carbocycles. The molecule has 5 nitrogen and oxygen atoms in total. The van der Waals surface area contributed by atoms with Crippen LogP contribution >= 0.6 is 0 Å². The minimum absolute atomic E-state index is 0. The number of hydrogen-bond donors (Lipinski definition) is 2. The topological polar surface area (TPSA) is 94.7 Å². The van der Waals surface area contributed by atoms with Gasteiger partial charge >= 0.3 is 115 Å². The van der Waals surface area contributed by atoms with Gasteiger partial charge in [0.05, 0.1) is 0 Å². The van der Waals surface area contributed by atoms with Gasteiger partial charge in [0.2, 0.25) is 0 Å². The molecule has 0 aliphatic rings. The summed E-state index contributed by atoms with van der Waals surface area (Å²) in [6.07, 6.45) is 3.39. The van der Waals surface area contributed by atoms with E-state index in [2.05, 4.69) is 4.98 Å². The second kappa shape index (κ2) is 14.3. The Morgan fingerprint density at radius 1 is 0.742 bits per heavy atom. The zero-order valence-corrected chi connectivity index (χ0v) is 18.3. The fraction of sp³-hybridized carbons (Fsp3) is 0. The van der Waals surface area contributed by atoms with Crippen molar-refractivity contribution >= 4 is 33.9 Å².